The molecule has 0 radical (unpaired) electrons. The molecule has 0 aliphatic rings. The second kappa shape index (κ2) is 11.6. The maximum Gasteiger partial charge on any atom is 0.140 e. The molecule has 3 nitrogen and oxygen atoms in total. The predicted octanol–water partition coefficient (Wildman–Crippen LogP) is 7.17. The second-order valence-corrected chi connectivity index (χ2v) is 5.75. The van der Waals surface area contributed by atoms with Crippen LogP contribution >= 0.6 is 11.6 Å². The third-order valence-corrected chi connectivity index (χ3v) is 4.16. The van der Waals surface area contributed by atoms with Gasteiger partial charge in [-0.3, -0.25) is 0 Å². The van der Waals surface area contributed by atoms with Crippen LogP contribution in [0.1, 0.15) is 48.0 Å². The van der Waals surface area contributed by atoms with E-state index in [-0.39, 0.29) is 0 Å². The summed E-state index contributed by atoms with van der Waals surface area (Å²) in [4.78, 5) is 10.4. The van der Waals surface area contributed by atoms with Crippen molar-refractivity contribution >= 4 is 28.3 Å². The minimum atomic E-state index is 0.718. The van der Waals surface area contributed by atoms with Gasteiger partial charge in [0.1, 0.15) is 5.82 Å². The van der Waals surface area contributed by atoms with Gasteiger partial charge in [-0.25, -0.2) is 4.98 Å². The van der Waals surface area contributed by atoms with Gasteiger partial charge in [0, 0.05) is 24.3 Å². The zero-order valence-corrected chi connectivity index (χ0v) is 17.7. The number of aromatic amines is 1. The number of imidazole rings is 1. The lowest BCUT2D eigenvalue weighted by Crippen LogP contribution is -2.23. The van der Waals surface area contributed by atoms with E-state index in [2.05, 4.69) is 40.8 Å². The predicted molar refractivity (Wildman–Crippen MR) is 117 cm³/mol. The number of nitrogens with zero attached hydrogens (tertiary/aromatic N) is 2. The molecule has 142 valence electrons. The summed E-state index contributed by atoms with van der Waals surface area (Å²) in [6.07, 6.45) is 1.12. The number of H-pyrrole nitrogens is 1. The van der Waals surface area contributed by atoms with Crippen molar-refractivity contribution < 1.29 is 0 Å². The van der Waals surface area contributed by atoms with Crippen LogP contribution in [0.25, 0.3) is 22.4 Å². The molecule has 0 aliphatic carbocycles. The number of hydrogen-bond donors (Lipinski definition) is 1. The SMILES string of the molecule is CC.CC.CCCN(CC)c1ccc(Cl)c(-c2nc3ccccc3[nH]2)c1. The summed E-state index contributed by atoms with van der Waals surface area (Å²) < 4.78 is 0. The van der Waals surface area contributed by atoms with Gasteiger partial charge in [-0.1, -0.05) is 58.4 Å². The van der Waals surface area contributed by atoms with Gasteiger partial charge in [-0.05, 0) is 43.7 Å². The molecule has 0 atom stereocenters. The number of nitrogens with one attached hydrogen (secondary N) is 1. The van der Waals surface area contributed by atoms with Crippen molar-refractivity contribution in [1.82, 2.24) is 9.97 Å². The quantitative estimate of drug-likeness (QED) is 0.513. The molecule has 0 spiro atoms. The summed E-state index contributed by atoms with van der Waals surface area (Å²) in [6, 6.07) is 14.2. The normalized spacial score (nSPS) is 9.81. The maximum absolute atomic E-state index is 6.40. The minimum Gasteiger partial charge on any atom is -0.372 e. The van der Waals surface area contributed by atoms with Crippen molar-refractivity contribution in [2.75, 3.05) is 18.0 Å². The van der Waals surface area contributed by atoms with Crippen LogP contribution in [-0.4, -0.2) is 23.1 Å². The van der Waals surface area contributed by atoms with Gasteiger partial charge in [-0.2, -0.15) is 0 Å². The van der Waals surface area contributed by atoms with Crippen molar-refractivity contribution in [2.24, 2.45) is 0 Å². The van der Waals surface area contributed by atoms with E-state index < -0.39 is 0 Å². The Kier molecular flexibility index (Phi) is 9.82. The molecular weight excluding hydrogens is 342 g/mol. The van der Waals surface area contributed by atoms with Gasteiger partial charge in [0.05, 0.1) is 16.1 Å². The average Bonchev–Trinajstić information content (AvgIpc) is 3.14. The number of para-hydroxylation sites is 2. The Morgan fingerprint density at radius 3 is 2.31 bits per heavy atom. The highest BCUT2D eigenvalue weighted by molar-refractivity contribution is 6.33. The number of anilines is 1. The van der Waals surface area contributed by atoms with Crippen LogP contribution in [0.5, 0.6) is 0 Å². The number of rotatable bonds is 5. The van der Waals surface area contributed by atoms with E-state index in [1.165, 1.54) is 5.69 Å². The van der Waals surface area contributed by atoms with Crippen molar-refractivity contribution in [3.8, 4) is 11.4 Å². The number of halogens is 1. The highest BCUT2D eigenvalue weighted by atomic mass is 35.5. The Bertz CT molecular complexity index is 747. The minimum absolute atomic E-state index is 0.718. The first-order valence-corrected chi connectivity index (χ1v) is 10.1. The number of hydrogen-bond acceptors (Lipinski definition) is 2. The Hall–Kier alpha value is -2.00. The molecular formula is C22H32ClN3. The largest absolute Gasteiger partial charge is 0.372 e. The summed E-state index contributed by atoms with van der Waals surface area (Å²) in [5, 5.41) is 0.718. The Balaban J connectivity index is 0.000000791. The Morgan fingerprint density at radius 1 is 1.00 bits per heavy atom. The van der Waals surface area contributed by atoms with E-state index in [4.69, 9.17) is 11.6 Å². The topological polar surface area (TPSA) is 31.9 Å². The lowest BCUT2D eigenvalue weighted by Gasteiger charge is -2.23. The van der Waals surface area contributed by atoms with Gasteiger partial charge in [0.15, 0.2) is 0 Å². The lowest BCUT2D eigenvalue weighted by atomic mass is 10.1. The smallest absolute Gasteiger partial charge is 0.140 e. The monoisotopic (exact) mass is 373 g/mol. The summed E-state index contributed by atoms with van der Waals surface area (Å²) in [7, 11) is 0. The van der Waals surface area contributed by atoms with Crippen LogP contribution in [0.3, 0.4) is 0 Å². The molecule has 1 N–H and O–H groups in total. The summed E-state index contributed by atoms with van der Waals surface area (Å²) in [5.74, 6) is 0.820. The molecule has 0 aliphatic heterocycles. The first kappa shape index (κ1) is 22.0. The van der Waals surface area contributed by atoms with Crippen LogP contribution in [0.2, 0.25) is 5.02 Å². The van der Waals surface area contributed by atoms with Crippen LogP contribution in [0.15, 0.2) is 42.5 Å². The van der Waals surface area contributed by atoms with E-state index in [0.29, 0.717) is 0 Å². The number of benzene rings is 2. The van der Waals surface area contributed by atoms with Crippen LogP contribution in [0.4, 0.5) is 5.69 Å². The highest BCUT2D eigenvalue weighted by Gasteiger charge is 2.12. The molecule has 3 rings (SSSR count). The molecule has 26 heavy (non-hydrogen) atoms. The van der Waals surface area contributed by atoms with Crippen molar-refractivity contribution in [2.45, 2.75) is 48.0 Å². The first-order valence-electron chi connectivity index (χ1n) is 9.72. The van der Waals surface area contributed by atoms with E-state index in [1.807, 2.05) is 58.0 Å². The van der Waals surface area contributed by atoms with Crippen LogP contribution in [-0.2, 0) is 0 Å². The third-order valence-electron chi connectivity index (χ3n) is 3.83. The number of fused-ring (bicyclic) bond motifs is 1. The van der Waals surface area contributed by atoms with Gasteiger partial charge in [0.25, 0.3) is 0 Å². The zero-order valence-electron chi connectivity index (χ0n) is 16.9. The van der Waals surface area contributed by atoms with Crippen LogP contribution < -0.4 is 4.90 Å². The van der Waals surface area contributed by atoms with Gasteiger partial charge in [-0.15, -0.1) is 0 Å². The Labute approximate surface area is 163 Å². The van der Waals surface area contributed by atoms with E-state index in [0.717, 1.165) is 47.0 Å². The van der Waals surface area contributed by atoms with Crippen molar-refractivity contribution in [1.29, 1.82) is 0 Å². The summed E-state index contributed by atoms with van der Waals surface area (Å²) in [6.45, 7) is 14.4. The molecule has 4 heteroatoms. The van der Waals surface area contributed by atoms with E-state index >= 15 is 0 Å². The van der Waals surface area contributed by atoms with Gasteiger partial charge in [0.2, 0.25) is 0 Å². The third kappa shape index (κ3) is 5.25. The van der Waals surface area contributed by atoms with Gasteiger partial charge < -0.3 is 9.88 Å². The fourth-order valence-electron chi connectivity index (χ4n) is 2.71. The molecule has 0 unspecified atom stereocenters. The average molecular weight is 374 g/mol. The number of aromatic nitrogens is 2. The second-order valence-electron chi connectivity index (χ2n) is 5.35. The molecule has 3 aromatic rings. The molecule has 1 heterocycles. The molecule has 0 saturated heterocycles. The maximum atomic E-state index is 6.40. The summed E-state index contributed by atoms with van der Waals surface area (Å²) >= 11 is 6.40. The van der Waals surface area contributed by atoms with E-state index in [9.17, 15) is 0 Å². The molecule has 2 aromatic carbocycles. The molecule has 0 saturated carbocycles. The lowest BCUT2D eigenvalue weighted by molar-refractivity contribution is 0.792. The van der Waals surface area contributed by atoms with Crippen molar-refractivity contribution in [3.05, 3.63) is 47.5 Å². The van der Waals surface area contributed by atoms with Crippen molar-refractivity contribution in [3.63, 3.8) is 0 Å². The fraction of sp³-hybridized carbons (Fsp3) is 0.409. The molecule has 0 amide bonds. The first-order chi connectivity index (χ1) is 12.7. The van der Waals surface area contributed by atoms with E-state index in [1.54, 1.807) is 0 Å². The molecule has 0 fully saturated rings. The van der Waals surface area contributed by atoms with Crippen LogP contribution in [0, 0.1) is 0 Å². The zero-order chi connectivity index (χ0) is 19.5. The standard InChI is InChI=1S/C18H20ClN3.2C2H6/c1-3-11-22(4-2)13-9-10-15(19)14(12-13)18-20-16-7-5-6-8-17(16)21-18;2*1-2/h5-10,12H,3-4,11H2,1-2H3,(H,20,21);2*1-2H3. The fourth-order valence-corrected chi connectivity index (χ4v) is 2.92. The molecule has 0 bridgehead atoms. The molecule has 1 aromatic heterocycles. The highest BCUT2D eigenvalue weighted by Crippen LogP contribution is 2.31. The van der Waals surface area contributed by atoms with Gasteiger partial charge >= 0.3 is 0 Å². The summed E-state index contributed by atoms with van der Waals surface area (Å²) in [5.41, 5.74) is 4.12. The Morgan fingerprint density at radius 2 is 1.69 bits per heavy atom.